The number of likely N-dealkylation sites (tertiary alicyclic amines) is 1. The number of nitrogens with one attached hydrogen (secondary N) is 1. The molecule has 2 aromatic rings. The monoisotopic (exact) mass is 334 g/mol. The van der Waals surface area contributed by atoms with Crippen molar-refractivity contribution >= 4 is 5.69 Å². The van der Waals surface area contributed by atoms with Crippen LogP contribution in [0.25, 0.3) is 0 Å². The Morgan fingerprint density at radius 3 is 2.08 bits per heavy atom. The lowest BCUT2D eigenvalue weighted by Crippen LogP contribution is -2.47. The summed E-state index contributed by atoms with van der Waals surface area (Å²) in [6.45, 7) is 2.47. The summed E-state index contributed by atoms with van der Waals surface area (Å²) in [5.41, 5.74) is 2.82. The molecule has 2 nitrogen and oxygen atoms in total. The third kappa shape index (κ3) is 4.07. The summed E-state index contributed by atoms with van der Waals surface area (Å²) in [5.74, 6) is 0.730. The minimum Gasteiger partial charge on any atom is -0.382 e. The van der Waals surface area contributed by atoms with E-state index >= 15 is 0 Å². The van der Waals surface area contributed by atoms with Gasteiger partial charge in [-0.25, -0.2) is 0 Å². The Balaban J connectivity index is 1.37. The second-order valence-corrected chi connectivity index (χ2v) is 7.69. The normalized spacial score (nSPS) is 25.6. The third-order valence-corrected chi connectivity index (χ3v) is 6.10. The highest BCUT2D eigenvalue weighted by Crippen LogP contribution is 2.37. The maximum atomic E-state index is 3.72. The van der Waals surface area contributed by atoms with Gasteiger partial charge in [-0.1, -0.05) is 61.4 Å². The molecule has 2 heteroatoms. The molecule has 1 N–H and O–H groups in total. The van der Waals surface area contributed by atoms with E-state index in [4.69, 9.17) is 0 Å². The maximum Gasteiger partial charge on any atom is 0.0342 e. The van der Waals surface area contributed by atoms with Gasteiger partial charge in [0.15, 0.2) is 0 Å². The average Bonchev–Trinajstić information content (AvgIpc) is 2.70. The van der Waals surface area contributed by atoms with E-state index in [9.17, 15) is 0 Å². The van der Waals surface area contributed by atoms with E-state index in [0.717, 1.165) is 12.0 Å². The van der Waals surface area contributed by atoms with E-state index in [1.165, 1.54) is 57.3 Å². The molecule has 0 spiro atoms. The lowest BCUT2D eigenvalue weighted by atomic mass is 9.78. The first-order valence-corrected chi connectivity index (χ1v) is 10.0. The highest BCUT2D eigenvalue weighted by Gasteiger charge is 2.33. The molecule has 0 unspecified atom stereocenters. The topological polar surface area (TPSA) is 15.3 Å². The Labute approximate surface area is 152 Å². The minimum absolute atomic E-state index is 0.623. The maximum absolute atomic E-state index is 3.72. The standard InChI is InChI=1S/C23H30N2/c1-3-9-19(10-4-1)22-13-7-8-14-23(22)25-17-15-21(16-18-25)24-20-11-5-2-6-12-20/h1-6,9-12,21-24H,7-8,13-18H2/t22-,23-/m1/s1. The number of benzene rings is 2. The van der Waals surface area contributed by atoms with Gasteiger partial charge in [-0.2, -0.15) is 0 Å². The van der Waals surface area contributed by atoms with Crippen molar-refractivity contribution in [1.82, 2.24) is 4.90 Å². The van der Waals surface area contributed by atoms with Gasteiger partial charge >= 0.3 is 0 Å². The molecule has 2 aliphatic rings. The summed E-state index contributed by atoms with van der Waals surface area (Å²) >= 11 is 0. The molecular weight excluding hydrogens is 304 g/mol. The van der Waals surface area contributed by atoms with Gasteiger partial charge in [0.2, 0.25) is 0 Å². The van der Waals surface area contributed by atoms with Crippen LogP contribution in [0.15, 0.2) is 60.7 Å². The van der Waals surface area contributed by atoms with Crippen molar-refractivity contribution in [2.45, 2.75) is 56.5 Å². The van der Waals surface area contributed by atoms with Gasteiger partial charge in [0.25, 0.3) is 0 Å². The summed E-state index contributed by atoms with van der Waals surface area (Å²) in [7, 11) is 0. The zero-order chi connectivity index (χ0) is 16.9. The van der Waals surface area contributed by atoms with Crippen LogP contribution >= 0.6 is 0 Å². The Hall–Kier alpha value is -1.80. The molecule has 0 aromatic heterocycles. The first-order valence-electron chi connectivity index (χ1n) is 10.0. The zero-order valence-corrected chi connectivity index (χ0v) is 15.1. The quantitative estimate of drug-likeness (QED) is 0.817. The second-order valence-electron chi connectivity index (χ2n) is 7.69. The number of hydrogen-bond donors (Lipinski definition) is 1. The Bertz CT molecular complexity index is 632. The van der Waals surface area contributed by atoms with E-state index in [1.807, 2.05) is 0 Å². The molecule has 25 heavy (non-hydrogen) atoms. The Kier molecular flexibility index (Phi) is 5.37. The van der Waals surface area contributed by atoms with Crippen LogP contribution in [0.4, 0.5) is 5.69 Å². The minimum atomic E-state index is 0.623. The van der Waals surface area contributed by atoms with Crippen LogP contribution in [0.3, 0.4) is 0 Å². The molecule has 0 radical (unpaired) electrons. The number of anilines is 1. The van der Waals surface area contributed by atoms with Crippen molar-refractivity contribution in [2.24, 2.45) is 0 Å². The van der Waals surface area contributed by atoms with Gasteiger partial charge in [-0.05, 0) is 49.3 Å². The lowest BCUT2D eigenvalue weighted by molar-refractivity contribution is 0.109. The molecule has 1 aliphatic carbocycles. The highest BCUT2D eigenvalue weighted by atomic mass is 15.2. The summed E-state index contributed by atoms with van der Waals surface area (Å²) in [4.78, 5) is 2.79. The summed E-state index contributed by atoms with van der Waals surface area (Å²) in [6.07, 6.45) is 8.03. The van der Waals surface area contributed by atoms with Gasteiger partial charge in [0.1, 0.15) is 0 Å². The lowest BCUT2D eigenvalue weighted by Gasteiger charge is -2.44. The molecule has 0 bridgehead atoms. The van der Waals surface area contributed by atoms with Gasteiger partial charge in [-0.15, -0.1) is 0 Å². The molecule has 2 atom stereocenters. The van der Waals surface area contributed by atoms with E-state index in [-0.39, 0.29) is 0 Å². The smallest absolute Gasteiger partial charge is 0.0342 e. The van der Waals surface area contributed by atoms with Crippen molar-refractivity contribution in [2.75, 3.05) is 18.4 Å². The Morgan fingerprint density at radius 1 is 0.720 bits per heavy atom. The molecular formula is C23H30N2. The fourth-order valence-corrected chi connectivity index (χ4v) is 4.78. The van der Waals surface area contributed by atoms with Gasteiger partial charge in [-0.3, -0.25) is 4.90 Å². The van der Waals surface area contributed by atoms with Crippen molar-refractivity contribution in [3.63, 3.8) is 0 Å². The largest absolute Gasteiger partial charge is 0.382 e. The van der Waals surface area contributed by atoms with Gasteiger partial charge in [0, 0.05) is 30.9 Å². The number of para-hydroxylation sites is 1. The number of hydrogen-bond acceptors (Lipinski definition) is 2. The van der Waals surface area contributed by atoms with Crippen LogP contribution in [0, 0.1) is 0 Å². The fourth-order valence-electron chi connectivity index (χ4n) is 4.78. The van der Waals surface area contributed by atoms with Gasteiger partial charge in [0.05, 0.1) is 0 Å². The van der Waals surface area contributed by atoms with Crippen molar-refractivity contribution in [3.8, 4) is 0 Å². The van der Waals surface area contributed by atoms with E-state index in [0.29, 0.717) is 6.04 Å². The molecule has 132 valence electrons. The predicted molar refractivity (Wildman–Crippen MR) is 106 cm³/mol. The van der Waals surface area contributed by atoms with Crippen LogP contribution in [0.5, 0.6) is 0 Å². The van der Waals surface area contributed by atoms with E-state index in [1.54, 1.807) is 5.56 Å². The molecule has 1 aliphatic heterocycles. The van der Waals surface area contributed by atoms with Crippen molar-refractivity contribution in [1.29, 1.82) is 0 Å². The molecule has 1 heterocycles. The van der Waals surface area contributed by atoms with Crippen LogP contribution < -0.4 is 5.32 Å². The molecule has 0 amide bonds. The Morgan fingerprint density at radius 2 is 1.36 bits per heavy atom. The van der Waals surface area contributed by atoms with Gasteiger partial charge < -0.3 is 5.32 Å². The SMILES string of the molecule is c1ccc(NC2CCN([C@@H]3CCCC[C@@H]3c3ccccc3)CC2)cc1. The number of nitrogens with zero attached hydrogens (tertiary/aromatic N) is 1. The summed E-state index contributed by atoms with van der Waals surface area (Å²) in [5, 5.41) is 3.72. The molecule has 1 saturated carbocycles. The third-order valence-electron chi connectivity index (χ3n) is 6.10. The molecule has 4 rings (SSSR count). The van der Waals surface area contributed by atoms with E-state index < -0.39 is 0 Å². The summed E-state index contributed by atoms with van der Waals surface area (Å²) in [6, 6.07) is 23.3. The predicted octanol–water partition coefficient (Wildman–Crippen LogP) is 5.29. The molecule has 1 saturated heterocycles. The average molecular weight is 335 g/mol. The first-order chi connectivity index (χ1) is 12.4. The van der Waals surface area contributed by atoms with Crippen LogP contribution in [-0.4, -0.2) is 30.1 Å². The number of piperidine rings is 1. The zero-order valence-electron chi connectivity index (χ0n) is 15.1. The van der Waals surface area contributed by atoms with Crippen LogP contribution in [0.1, 0.15) is 50.0 Å². The van der Waals surface area contributed by atoms with Crippen LogP contribution in [-0.2, 0) is 0 Å². The second kappa shape index (κ2) is 8.05. The van der Waals surface area contributed by atoms with Crippen molar-refractivity contribution < 1.29 is 0 Å². The van der Waals surface area contributed by atoms with E-state index in [2.05, 4.69) is 70.9 Å². The molecule has 2 fully saturated rings. The fraction of sp³-hybridized carbons (Fsp3) is 0.478. The first kappa shape index (κ1) is 16.7. The van der Waals surface area contributed by atoms with Crippen molar-refractivity contribution in [3.05, 3.63) is 66.2 Å². The van der Waals surface area contributed by atoms with Crippen LogP contribution in [0.2, 0.25) is 0 Å². The highest BCUT2D eigenvalue weighted by molar-refractivity contribution is 5.43. The summed E-state index contributed by atoms with van der Waals surface area (Å²) < 4.78 is 0. The molecule has 2 aromatic carbocycles. The number of rotatable bonds is 4.